The monoisotopic (exact) mass is 228 g/mol. The van der Waals surface area contributed by atoms with Gasteiger partial charge in [-0.3, -0.25) is 9.59 Å². The highest BCUT2D eigenvalue weighted by Gasteiger charge is 2.41. The molecule has 0 aromatic heterocycles. The first-order chi connectivity index (χ1) is 6.95. The van der Waals surface area contributed by atoms with Crippen LogP contribution in [0.3, 0.4) is 0 Å². The Kier molecular flexibility index (Phi) is 5.62. The third-order valence-corrected chi connectivity index (χ3v) is 4.71. The lowest BCUT2D eigenvalue weighted by Crippen LogP contribution is -2.43. The third-order valence-electron chi connectivity index (χ3n) is 1.57. The average molecular weight is 228 g/mol. The molecule has 0 aliphatic carbocycles. The minimum absolute atomic E-state index is 0.373. The fourth-order valence-electron chi connectivity index (χ4n) is 1.23. The molecule has 0 bridgehead atoms. The summed E-state index contributed by atoms with van der Waals surface area (Å²) in [6, 6.07) is 0.746. The van der Waals surface area contributed by atoms with E-state index in [0.29, 0.717) is 12.1 Å². The van der Waals surface area contributed by atoms with Gasteiger partial charge in [-0.25, -0.2) is 0 Å². The molecule has 0 atom stereocenters. The van der Waals surface area contributed by atoms with Gasteiger partial charge < -0.3 is 8.85 Å². The molecule has 0 radical (unpaired) electrons. The number of allylic oxidation sites excluding steroid dienone is 2. The zero-order chi connectivity index (χ0) is 11.9. The van der Waals surface area contributed by atoms with Crippen LogP contribution in [0, 0.1) is 0 Å². The predicted octanol–water partition coefficient (Wildman–Crippen LogP) is 1.93. The van der Waals surface area contributed by atoms with Crippen molar-refractivity contribution in [2.24, 2.45) is 0 Å². The quantitative estimate of drug-likeness (QED) is 0.515. The van der Waals surface area contributed by atoms with Gasteiger partial charge in [0.25, 0.3) is 11.9 Å². The van der Waals surface area contributed by atoms with E-state index in [1.807, 2.05) is 0 Å². The number of hydrogen-bond acceptors (Lipinski definition) is 4. The van der Waals surface area contributed by atoms with Crippen LogP contribution in [0.5, 0.6) is 0 Å². The SMILES string of the molecule is C=CC[Si](CC=C)(OC(C)=O)OC(C)=O. The number of carbonyl (C=O) groups is 2. The van der Waals surface area contributed by atoms with Crippen LogP contribution < -0.4 is 0 Å². The Morgan fingerprint density at radius 2 is 1.40 bits per heavy atom. The van der Waals surface area contributed by atoms with E-state index in [9.17, 15) is 9.59 Å². The van der Waals surface area contributed by atoms with Crippen LogP contribution in [0.15, 0.2) is 25.3 Å². The van der Waals surface area contributed by atoms with Crippen molar-refractivity contribution in [2.45, 2.75) is 25.9 Å². The van der Waals surface area contributed by atoms with Gasteiger partial charge in [-0.15, -0.1) is 13.2 Å². The molecule has 0 saturated carbocycles. The van der Waals surface area contributed by atoms with Gasteiger partial charge in [0.1, 0.15) is 0 Å². The van der Waals surface area contributed by atoms with Gasteiger partial charge in [0.15, 0.2) is 0 Å². The number of rotatable bonds is 6. The Morgan fingerprint density at radius 1 is 1.07 bits per heavy atom. The van der Waals surface area contributed by atoms with E-state index in [-0.39, 0.29) is 0 Å². The van der Waals surface area contributed by atoms with E-state index in [0.717, 1.165) is 0 Å². The molecule has 0 heterocycles. The fourth-order valence-corrected chi connectivity index (χ4v) is 3.70. The van der Waals surface area contributed by atoms with Crippen molar-refractivity contribution in [3.8, 4) is 0 Å². The van der Waals surface area contributed by atoms with Crippen LogP contribution in [0.4, 0.5) is 0 Å². The molecule has 84 valence electrons. The van der Waals surface area contributed by atoms with E-state index in [2.05, 4.69) is 13.2 Å². The Morgan fingerprint density at radius 3 is 1.60 bits per heavy atom. The van der Waals surface area contributed by atoms with E-state index in [1.165, 1.54) is 13.8 Å². The minimum atomic E-state index is -2.86. The zero-order valence-corrected chi connectivity index (χ0v) is 10.1. The van der Waals surface area contributed by atoms with Gasteiger partial charge in [0.05, 0.1) is 0 Å². The predicted molar refractivity (Wildman–Crippen MR) is 59.3 cm³/mol. The van der Waals surface area contributed by atoms with E-state index in [1.54, 1.807) is 12.2 Å². The molecule has 0 amide bonds. The first kappa shape index (κ1) is 13.6. The smallest absolute Gasteiger partial charge is 0.472 e. The highest BCUT2D eigenvalue weighted by atomic mass is 28.4. The summed E-state index contributed by atoms with van der Waals surface area (Å²) in [5.41, 5.74) is 0. The molecular formula is C10H16O4Si. The molecule has 0 fully saturated rings. The molecule has 0 N–H and O–H groups in total. The fraction of sp³-hybridized carbons (Fsp3) is 0.400. The van der Waals surface area contributed by atoms with Gasteiger partial charge in [0, 0.05) is 25.9 Å². The summed E-state index contributed by atoms with van der Waals surface area (Å²) in [7, 11) is -2.86. The standard InChI is InChI=1S/C10H16O4Si/c1-5-7-15(8-6-2,13-9(3)11)14-10(4)12/h5-6H,1-2,7-8H2,3-4H3. The summed E-state index contributed by atoms with van der Waals surface area (Å²) in [6.07, 6.45) is 3.17. The average Bonchev–Trinajstić information content (AvgIpc) is 2.01. The van der Waals surface area contributed by atoms with Crippen LogP contribution in [0.25, 0.3) is 0 Å². The van der Waals surface area contributed by atoms with E-state index >= 15 is 0 Å². The Labute approximate surface area is 90.8 Å². The molecule has 0 aliphatic rings. The Bertz CT molecular complexity index is 245. The van der Waals surface area contributed by atoms with Crippen molar-refractivity contribution in [1.82, 2.24) is 0 Å². The summed E-state index contributed by atoms with van der Waals surface area (Å²) in [6.45, 7) is 9.70. The highest BCUT2D eigenvalue weighted by molar-refractivity contribution is 6.71. The molecule has 4 nitrogen and oxygen atoms in total. The Hall–Kier alpha value is -1.36. The second-order valence-electron chi connectivity index (χ2n) is 3.08. The zero-order valence-electron chi connectivity index (χ0n) is 9.12. The molecular weight excluding hydrogens is 212 g/mol. The summed E-state index contributed by atoms with van der Waals surface area (Å²) < 4.78 is 10.3. The van der Waals surface area contributed by atoms with Crippen LogP contribution in [0.1, 0.15) is 13.8 Å². The normalized spacial score (nSPS) is 10.3. The first-order valence-electron chi connectivity index (χ1n) is 4.56. The summed E-state index contributed by atoms with van der Waals surface area (Å²) in [5.74, 6) is -0.904. The maximum absolute atomic E-state index is 10.9. The number of carbonyl (C=O) groups excluding carboxylic acids is 2. The first-order valence-corrected chi connectivity index (χ1v) is 6.80. The van der Waals surface area contributed by atoms with Gasteiger partial charge in [-0.05, 0) is 0 Å². The van der Waals surface area contributed by atoms with Crippen LogP contribution in [0.2, 0.25) is 12.1 Å². The second-order valence-corrected chi connectivity index (χ2v) is 6.13. The van der Waals surface area contributed by atoms with Gasteiger partial charge in [-0.1, -0.05) is 12.2 Å². The van der Waals surface area contributed by atoms with Crippen LogP contribution in [-0.4, -0.2) is 20.5 Å². The van der Waals surface area contributed by atoms with Crippen molar-refractivity contribution in [1.29, 1.82) is 0 Å². The lowest BCUT2D eigenvalue weighted by Gasteiger charge is -2.26. The minimum Gasteiger partial charge on any atom is -0.485 e. The van der Waals surface area contributed by atoms with Gasteiger partial charge in [-0.2, -0.15) is 0 Å². The summed E-state index contributed by atoms with van der Waals surface area (Å²) >= 11 is 0. The van der Waals surface area contributed by atoms with Crippen molar-refractivity contribution in [3.05, 3.63) is 25.3 Å². The third kappa shape index (κ3) is 5.17. The highest BCUT2D eigenvalue weighted by Crippen LogP contribution is 2.20. The maximum Gasteiger partial charge on any atom is 0.472 e. The largest absolute Gasteiger partial charge is 0.485 e. The maximum atomic E-state index is 10.9. The lowest BCUT2D eigenvalue weighted by atomic mass is 10.7. The Balaban J connectivity index is 4.84. The molecule has 0 aromatic carbocycles. The molecule has 0 spiro atoms. The second kappa shape index (κ2) is 6.18. The molecule has 0 rings (SSSR count). The van der Waals surface area contributed by atoms with E-state index in [4.69, 9.17) is 8.85 Å². The van der Waals surface area contributed by atoms with Crippen LogP contribution >= 0.6 is 0 Å². The van der Waals surface area contributed by atoms with Crippen molar-refractivity contribution in [2.75, 3.05) is 0 Å². The van der Waals surface area contributed by atoms with Crippen molar-refractivity contribution >= 4 is 20.5 Å². The lowest BCUT2D eigenvalue weighted by molar-refractivity contribution is -0.138. The molecule has 0 unspecified atom stereocenters. The molecule has 0 aromatic rings. The summed E-state index contributed by atoms with van der Waals surface area (Å²) in [4.78, 5) is 21.9. The van der Waals surface area contributed by atoms with Gasteiger partial charge in [0.2, 0.25) is 0 Å². The molecule has 0 aliphatic heterocycles. The number of hydrogen-bond donors (Lipinski definition) is 0. The van der Waals surface area contributed by atoms with Crippen LogP contribution in [-0.2, 0) is 18.4 Å². The molecule has 15 heavy (non-hydrogen) atoms. The molecule has 5 heteroatoms. The van der Waals surface area contributed by atoms with E-state index < -0.39 is 20.5 Å². The molecule has 0 saturated heterocycles. The van der Waals surface area contributed by atoms with Gasteiger partial charge >= 0.3 is 8.56 Å². The topological polar surface area (TPSA) is 52.6 Å². The van der Waals surface area contributed by atoms with Crippen molar-refractivity contribution in [3.63, 3.8) is 0 Å². The van der Waals surface area contributed by atoms with Crippen molar-refractivity contribution < 1.29 is 18.4 Å². The summed E-state index contributed by atoms with van der Waals surface area (Å²) in [5, 5.41) is 0.